The van der Waals surface area contributed by atoms with E-state index in [1.54, 1.807) is 12.1 Å². The Balaban J connectivity index is 1.88. The number of fused-ring (bicyclic) bond motifs is 1. The Morgan fingerprint density at radius 1 is 1.29 bits per heavy atom. The van der Waals surface area contributed by atoms with E-state index in [2.05, 4.69) is 0 Å². The third kappa shape index (κ3) is 2.99. The zero-order valence-corrected chi connectivity index (χ0v) is 12.7. The van der Waals surface area contributed by atoms with Crippen LogP contribution in [0.5, 0.6) is 11.5 Å². The normalized spacial score (nSPS) is 15.8. The van der Waals surface area contributed by atoms with Crippen molar-refractivity contribution in [3.63, 3.8) is 0 Å². The van der Waals surface area contributed by atoms with E-state index in [0.717, 1.165) is 0 Å². The molecule has 0 fully saturated rings. The number of Topliss-reactive ketones (excluding diaryl/α,β-unsaturated/α-hetero) is 1. The van der Waals surface area contributed by atoms with E-state index in [-0.39, 0.29) is 28.6 Å². The predicted octanol–water partition coefficient (Wildman–Crippen LogP) is 3.29. The molecule has 122 valence electrons. The van der Waals surface area contributed by atoms with Crippen molar-refractivity contribution in [2.45, 2.75) is 13.0 Å². The molecule has 0 bridgehead atoms. The largest absolute Gasteiger partial charge is 0.479 e. The van der Waals surface area contributed by atoms with Crippen LogP contribution < -0.4 is 9.47 Å². The number of rotatable bonds is 4. The van der Waals surface area contributed by atoms with Crippen molar-refractivity contribution in [3.8, 4) is 11.5 Å². The third-order valence-electron chi connectivity index (χ3n) is 3.49. The van der Waals surface area contributed by atoms with Gasteiger partial charge in [0.1, 0.15) is 17.3 Å². The zero-order chi connectivity index (χ0) is 17.3. The summed E-state index contributed by atoms with van der Waals surface area (Å²) in [6.45, 7) is 1.39. The molecule has 0 aliphatic carbocycles. The lowest BCUT2D eigenvalue weighted by atomic mass is 10.1. The number of ether oxygens (including phenoxy) is 2. The molecular weight excluding hydrogens is 315 g/mol. The van der Waals surface area contributed by atoms with Crippen molar-refractivity contribution >= 4 is 17.8 Å². The van der Waals surface area contributed by atoms with E-state index in [4.69, 9.17) is 14.6 Å². The number of benzene rings is 2. The average molecular weight is 328 g/mol. The van der Waals surface area contributed by atoms with E-state index < -0.39 is 17.9 Å². The molecule has 2 aromatic carbocycles. The molecule has 1 heterocycles. The van der Waals surface area contributed by atoms with Crippen LogP contribution >= 0.6 is 0 Å². The number of ketones is 1. The Morgan fingerprint density at radius 2 is 2.04 bits per heavy atom. The third-order valence-corrected chi connectivity index (χ3v) is 3.49. The highest BCUT2D eigenvalue weighted by Gasteiger charge is 2.28. The Hall–Kier alpha value is -3.15. The second-order valence-electron chi connectivity index (χ2n) is 5.22. The molecule has 6 heteroatoms. The van der Waals surface area contributed by atoms with E-state index >= 15 is 0 Å². The fourth-order valence-corrected chi connectivity index (χ4v) is 2.23. The molecule has 0 saturated carbocycles. The molecule has 1 aliphatic rings. The Bertz CT molecular complexity index is 856. The zero-order valence-electron chi connectivity index (χ0n) is 12.7. The van der Waals surface area contributed by atoms with Crippen LogP contribution in [0.4, 0.5) is 4.39 Å². The smallest absolute Gasteiger partial charge is 0.344 e. The van der Waals surface area contributed by atoms with Crippen molar-refractivity contribution in [1.29, 1.82) is 0 Å². The van der Waals surface area contributed by atoms with Crippen LogP contribution in [0.15, 0.2) is 48.2 Å². The summed E-state index contributed by atoms with van der Waals surface area (Å²) in [6.07, 6.45) is 0.298. The van der Waals surface area contributed by atoms with Gasteiger partial charge in [-0.3, -0.25) is 4.79 Å². The maximum absolute atomic E-state index is 13.7. The molecule has 1 N–H and O–H groups in total. The van der Waals surface area contributed by atoms with Gasteiger partial charge in [0.25, 0.3) is 0 Å². The number of aliphatic carboxylic acids is 1. The van der Waals surface area contributed by atoms with Gasteiger partial charge < -0.3 is 14.6 Å². The van der Waals surface area contributed by atoms with Crippen molar-refractivity contribution in [2.75, 3.05) is 0 Å². The van der Waals surface area contributed by atoms with Gasteiger partial charge in [0, 0.05) is 11.6 Å². The maximum atomic E-state index is 13.7. The number of halogens is 1. The fraction of sp³-hybridized carbons (Fsp3) is 0.111. The first-order valence-electron chi connectivity index (χ1n) is 7.18. The van der Waals surface area contributed by atoms with Crippen molar-refractivity contribution < 1.29 is 28.6 Å². The summed E-state index contributed by atoms with van der Waals surface area (Å²) in [5, 5.41) is 8.86. The van der Waals surface area contributed by atoms with Crippen LogP contribution in [0, 0.1) is 5.82 Å². The van der Waals surface area contributed by atoms with Crippen LogP contribution in [0.3, 0.4) is 0 Å². The minimum Gasteiger partial charge on any atom is -0.479 e. The molecule has 1 aliphatic heterocycles. The van der Waals surface area contributed by atoms with Gasteiger partial charge >= 0.3 is 5.97 Å². The fourth-order valence-electron chi connectivity index (χ4n) is 2.23. The number of carboxylic acids is 1. The molecule has 0 radical (unpaired) electrons. The summed E-state index contributed by atoms with van der Waals surface area (Å²) in [6, 6.07) is 10.4. The summed E-state index contributed by atoms with van der Waals surface area (Å²) in [4.78, 5) is 23.1. The number of allylic oxidation sites excluding steroid dienone is 1. The van der Waals surface area contributed by atoms with Gasteiger partial charge in [0.05, 0.1) is 5.56 Å². The minimum atomic E-state index is -1.10. The Morgan fingerprint density at radius 3 is 2.75 bits per heavy atom. The standard InChI is InChI=1S/C18H13FO5/c1-10(18(21)22)23-12-6-7-13-15(9-12)24-16(17(13)20)8-11-4-2-3-5-14(11)19/h2-10H,1H3,(H,21,22)/b16-8-/t10-/m1/s1. The van der Waals surface area contributed by atoms with E-state index in [1.165, 1.54) is 43.3 Å². The van der Waals surface area contributed by atoms with Crippen LogP contribution in [0.25, 0.3) is 6.08 Å². The van der Waals surface area contributed by atoms with Gasteiger partial charge in [0.2, 0.25) is 5.78 Å². The van der Waals surface area contributed by atoms with E-state index in [0.29, 0.717) is 5.56 Å². The molecular formula is C18H13FO5. The molecule has 0 amide bonds. The highest BCUT2D eigenvalue weighted by molar-refractivity contribution is 6.14. The molecule has 0 spiro atoms. The summed E-state index contributed by atoms with van der Waals surface area (Å²) >= 11 is 0. The first-order chi connectivity index (χ1) is 11.5. The summed E-state index contributed by atoms with van der Waals surface area (Å²) in [7, 11) is 0. The maximum Gasteiger partial charge on any atom is 0.344 e. The molecule has 5 nitrogen and oxygen atoms in total. The monoisotopic (exact) mass is 328 g/mol. The SMILES string of the molecule is C[C@@H](Oc1ccc2c(c1)O/C(=C\c1ccccc1F)C2=O)C(=O)O. The van der Waals surface area contributed by atoms with Crippen LogP contribution in [0.1, 0.15) is 22.8 Å². The topological polar surface area (TPSA) is 72.8 Å². The number of hydrogen-bond donors (Lipinski definition) is 1. The van der Waals surface area contributed by atoms with Gasteiger partial charge in [-0.15, -0.1) is 0 Å². The predicted molar refractivity (Wildman–Crippen MR) is 83.5 cm³/mol. The lowest BCUT2D eigenvalue weighted by Gasteiger charge is -2.10. The number of carbonyl (C=O) groups is 2. The number of hydrogen-bond acceptors (Lipinski definition) is 4. The lowest BCUT2D eigenvalue weighted by Crippen LogP contribution is -2.22. The summed E-state index contributed by atoms with van der Waals surface area (Å²) in [5.74, 6) is -1.42. The number of carbonyl (C=O) groups excluding carboxylic acids is 1. The molecule has 24 heavy (non-hydrogen) atoms. The molecule has 0 saturated heterocycles. The second-order valence-corrected chi connectivity index (χ2v) is 5.22. The van der Waals surface area contributed by atoms with Gasteiger partial charge in [-0.2, -0.15) is 0 Å². The second kappa shape index (κ2) is 6.16. The highest BCUT2D eigenvalue weighted by atomic mass is 19.1. The van der Waals surface area contributed by atoms with Gasteiger partial charge in [-0.1, -0.05) is 18.2 Å². The van der Waals surface area contributed by atoms with E-state index in [9.17, 15) is 14.0 Å². The van der Waals surface area contributed by atoms with Crippen LogP contribution in [-0.4, -0.2) is 23.0 Å². The van der Waals surface area contributed by atoms with E-state index in [1.807, 2.05) is 0 Å². The molecule has 0 aromatic heterocycles. The van der Waals surface area contributed by atoms with Crippen molar-refractivity contribution in [3.05, 3.63) is 65.2 Å². The quantitative estimate of drug-likeness (QED) is 0.872. The highest BCUT2D eigenvalue weighted by Crippen LogP contribution is 2.35. The first kappa shape index (κ1) is 15.7. The average Bonchev–Trinajstić information content (AvgIpc) is 2.85. The molecule has 3 rings (SSSR count). The van der Waals surface area contributed by atoms with Gasteiger partial charge in [0.15, 0.2) is 11.9 Å². The van der Waals surface area contributed by atoms with Crippen LogP contribution in [-0.2, 0) is 4.79 Å². The summed E-state index contributed by atoms with van der Waals surface area (Å²) in [5.41, 5.74) is 0.553. The Kier molecular flexibility index (Phi) is 4.04. The van der Waals surface area contributed by atoms with Gasteiger partial charge in [-0.25, -0.2) is 9.18 Å². The molecule has 1 atom stereocenters. The van der Waals surface area contributed by atoms with Crippen LogP contribution in [0.2, 0.25) is 0 Å². The minimum absolute atomic E-state index is 0.00136. The molecule has 2 aromatic rings. The summed E-state index contributed by atoms with van der Waals surface area (Å²) < 4.78 is 24.4. The molecule has 0 unspecified atom stereocenters. The van der Waals surface area contributed by atoms with Crippen molar-refractivity contribution in [1.82, 2.24) is 0 Å². The van der Waals surface area contributed by atoms with Gasteiger partial charge in [-0.05, 0) is 31.2 Å². The lowest BCUT2D eigenvalue weighted by molar-refractivity contribution is -0.144. The van der Waals surface area contributed by atoms with Crippen molar-refractivity contribution in [2.24, 2.45) is 0 Å². The Labute approximate surface area is 136 Å². The first-order valence-corrected chi connectivity index (χ1v) is 7.18. The number of carboxylic acid groups (broad SMARTS) is 1.